The average molecular weight is 193 g/mol. The molecule has 0 spiro atoms. The molecule has 1 aliphatic rings. The van der Waals surface area contributed by atoms with Crippen molar-refractivity contribution in [2.75, 3.05) is 0 Å². The smallest absolute Gasteiger partial charge is 0.00449 e. The van der Waals surface area contributed by atoms with Gasteiger partial charge >= 0.3 is 0 Å². The van der Waals surface area contributed by atoms with Gasteiger partial charge in [-0.25, -0.2) is 0 Å². The molecule has 0 amide bonds. The summed E-state index contributed by atoms with van der Waals surface area (Å²) in [7, 11) is 0. The molecule has 0 aromatic heterocycles. The lowest BCUT2D eigenvalue weighted by atomic mass is 9.67. The third-order valence-electron chi connectivity index (χ3n) is 3.25. The summed E-state index contributed by atoms with van der Waals surface area (Å²) >= 11 is 0. The topological polar surface area (TPSA) is 26.0 Å². The molecule has 1 nitrogen and oxygen atoms in total. The molecule has 1 heteroatoms. The Bertz CT molecular complexity index is 211. The molecule has 0 aromatic carbocycles. The zero-order chi connectivity index (χ0) is 10.6. The Morgan fingerprint density at radius 2 is 2.14 bits per heavy atom. The van der Waals surface area contributed by atoms with Gasteiger partial charge in [-0.05, 0) is 37.5 Å². The van der Waals surface area contributed by atoms with Crippen LogP contribution in [0.4, 0.5) is 0 Å². The quantitative estimate of drug-likeness (QED) is 0.665. The standard InChI is InChI=1S/C13H23N/c1-4-5-6-7-13(11(3)14)12-8-10(2)9-12/h5-6,10,12-13H,3-4,7-9,14H2,1-2H3/b6-5-. The fraction of sp³-hybridized carbons (Fsp3) is 0.692. The van der Waals surface area contributed by atoms with E-state index in [2.05, 4.69) is 32.6 Å². The molecular formula is C13H23N. The molecule has 1 rings (SSSR count). The molecule has 1 saturated carbocycles. The zero-order valence-corrected chi connectivity index (χ0v) is 9.50. The monoisotopic (exact) mass is 193 g/mol. The molecule has 1 atom stereocenters. The van der Waals surface area contributed by atoms with Crippen LogP contribution in [-0.2, 0) is 0 Å². The number of nitrogens with two attached hydrogens (primary N) is 1. The average Bonchev–Trinajstić information content (AvgIpc) is 2.08. The Kier molecular flexibility index (Phi) is 4.24. The highest BCUT2D eigenvalue weighted by molar-refractivity contribution is 5.03. The molecule has 0 radical (unpaired) electrons. The molecular weight excluding hydrogens is 170 g/mol. The van der Waals surface area contributed by atoms with E-state index >= 15 is 0 Å². The van der Waals surface area contributed by atoms with Crippen molar-refractivity contribution < 1.29 is 0 Å². The second-order valence-electron chi connectivity index (χ2n) is 4.63. The van der Waals surface area contributed by atoms with Gasteiger partial charge in [0.25, 0.3) is 0 Å². The third-order valence-corrected chi connectivity index (χ3v) is 3.25. The second-order valence-corrected chi connectivity index (χ2v) is 4.63. The number of rotatable bonds is 5. The largest absolute Gasteiger partial charge is 0.402 e. The van der Waals surface area contributed by atoms with Crippen molar-refractivity contribution in [2.24, 2.45) is 23.5 Å². The van der Waals surface area contributed by atoms with Crippen LogP contribution < -0.4 is 5.73 Å². The molecule has 1 unspecified atom stereocenters. The molecule has 0 bridgehead atoms. The van der Waals surface area contributed by atoms with E-state index < -0.39 is 0 Å². The minimum atomic E-state index is 0.522. The summed E-state index contributed by atoms with van der Waals surface area (Å²) in [5, 5.41) is 0. The van der Waals surface area contributed by atoms with Crippen LogP contribution in [0.5, 0.6) is 0 Å². The van der Waals surface area contributed by atoms with E-state index in [1.165, 1.54) is 12.8 Å². The first-order valence-electron chi connectivity index (χ1n) is 5.74. The molecule has 2 N–H and O–H groups in total. The van der Waals surface area contributed by atoms with Gasteiger partial charge in [0.15, 0.2) is 0 Å². The van der Waals surface area contributed by atoms with E-state index in [4.69, 9.17) is 5.73 Å². The van der Waals surface area contributed by atoms with E-state index in [0.717, 1.165) is 30.4 Å². The number of hydrogen-bond donors (Lipinski definition) is 1. The van der Waals surface area contributed by atoms with Crippen LogP contribution in [0.25, 0.3) is 0 Å². The highest BCUT2D eigenvalue weighted by Crippen LogP contribution is 2.41. The van der Waals surface area contributed by atoms with Gasteiger partial charge in [-0.2, -0.15) is 0 Å². The van der Waals surface area contributed by atoms with E-state index in [9.17, 15) is 0 Å². The van der Waals surface area contributed by atoms with E-state index in [1.807, 2.05) is 0 Å². The first-order valence-corrected chi connectivity index (χ1v) is 5.74. The van der Waals surface area contributed by atoms with Crippen molar-refractivity contribution in [3.05, 3.63) is 24.4 Å². The van der Waals surface area contributed by atoms with Crippen molar-refractivity contribution in [2.45, 2.75) is 39.5 Å². The van der Waals surface area contributed by atoms with E-state index in [-0.39, 0.29) is 0 Å². The minimum absolute atomic E-state index is 0.522. The summed E-state index contributed by atoms with van der Waals surface area (Å²) in [6.07, 6.45) is 9.34. The molecule has 0 saturated heterocycles. The molecule has 1 aliphatic carbocycles. The van der Waals surface area contributed by atoms with Crippen LogP contribution in [0.2, 0.25) is 0 Å². The van der Waals surface area contributed by atoms with Crippen molar-refractivity contribution in [1.82, 2.24) is 0 Å². The SMILES string of the molecule is C=C(N)C(C/C=C\CC)C1CC(C)C1. The van der Waals surface area contributed by atoms with Gasteiger partial charge in [-0.1, -0.05) is 32.6 Å². The van der Waals surface area contributed by atoms with Crippen LogP contribution in [0.1, 0.15) is 39.5 Å². The Morgan fingerprint density at radius 3 is 2.57 bits per heavy atom. The van der Waals surface area contributed by atoms with Crippen LogP contribution in [0, 0.1) is 17.8 Å². The Morgan fingerprint density at radius 1 is 1.50 bits per heavy atom. The van der Waals surface area contributed by atoms with Crippen LogP contribution in [-0.4, -0.2) is 0 Å². The number of allylic oxidation sites excluding steroid dienone is 3. The predicted molar refractivity (Wildman–Crippen MR) is 62.8 cm³/mol. The summed E-state index contributed by atoms with van der Waals surface area (Å²) in [6, 6.07) is 0. The zero-order valence-electron chi connectivity index (χ0n) is 9.50. The van der Waals surface area contributed by atoms with E-state index in [0.29, 0.717) is 5.92 Å². The molecule has 80 valence electrons. The van der Waals surface area contributed by atoms with Crippen molar-refractivity contribution >= 4 is 0 Å². The summed E-state index contributed by atoms with van der Waals surface area (Å²) in [5.74, 6) is 2.22. The van der Waals surface area contributed by atoms with Crippen molar-refractivity contribution in [3.63, 3.8) is 0 Å². The second kappa shape index (κ2) is 5.23. The minimum Gasteiger partial charge on any atom is -0.402 e. The first-order chi connectivity index (χ1) is 6.65. The van der Waals surface area contributed by atoms with Gasteiger partial charge in [-0.3, -0.25) is 0 Å². The van der Waals surface area contributed by atoms with Gasteiger partial charge in [0.1, 0.15) is 0 Å². The summed E-state index contributed by atoms with van der Waals surface area (Å²) in [5.41, 5.74) is 6.72. The Balaban J connectivity index is 2.40. The maximum atomic E-state index is 5.85. The molecule has 1 fully saturated rings. The molecule has 0 aliphatic heterocycles. The maximum absolute atomic E-state index is 5.85. The highest BCUT2D eigenvalue weighted by atomic mass is 14.6. The molecule has 14 heavy (non-hydrogen) atoms. The van der Waals surface area contributed by atoms with Crippen LogP contribution >= 0.6 is 0 Å². The highest BCUT2D eigenvalue weighted by Gasteiger charge is 2.32. The lowest BCUT2D eigenvalue weighted by Crippen LogP contribution is -2.31. The lowest BCUT2D eigenvalue weighted by Gasteiger charge is -2.38. The summed E-state index contributed by atoms with van der Waals surface area (Å²) < 4.78 is 0. The predicted octanol–water partition coefficient (Wildman–Crippen LogP) is 3.48. The van der Waals surface area contributed by atoms with Crippen LogP contribution in [0.3, 0.4) is 0 Å². The maximum Gasteiger partial charge on any atom is 0.00449 e. The molecule has 0 aromatic rings. The van der Waals surface area contributed by atoms with E-state index in [1.54, 1.807) is 0 Å². The lowest BCUT2D eigenvalue weighted by molar-refractivity contribution is 0.156. The van der Waals surface area contributed by atoms with Gasteiger partial charge in [-0.15, -0.1) is 0 Å². The summed E-state index contributed by atoms with van der Waals surface area (Å²) in [6.45, 7) is 8.38. The van der Waals surface area contributed by atoms with Gasteiger partial charge < -0.3 is 5.73 Å². The fourth-order valence-corrected chi connectivity index (χ4v) is 2.35. The molecule has 0 heterocycles. The van der Waals surface area contributed by atoms with Gasteiger partial charge in [0.2, 0.25) is 0 Å². The third kappa shape index (κ3) is 2.90. The van der Waals surface area contributed by atoms with Crippen molar-refractivity contribution in [1.29, 1.82) is 0 Å². The van der Waals surface area contributed by atoms with Gasteiger partial charge in [0.05, 0.1) is 0 Å². The fourth-order valence-electron chi connectivity index (χ4n) is 2.35. The first kappa shape index (κ1) is 11.4. The van der Waals surface area contributed by atoms with Gasteiger partial charge in [0, 0.05) is 11.6 Å². The Hall–Kier alpha value is -0.720. The number of hydrogen-bond acceptors (Lipinski definition) is 1. The summed E-state index contributed by atoms with van der Waals surface area (Å²) in [4.78, 5) is 0. The Labute approximate surface area is 88.1 Å². The normalized spacial score (nSPS) is 28.7. The van der Waals surface area contributed by atoms with Crippen LogP contribution in [0.15, 0.2) is 24.4 Å². The van der Waals surface area contributed by atoms with Crippen molar-refractivity contribution in [3.8, 4) is 0 Å².